The number of benzene rings is 3. The Morgan fingerprint density at radius 2 is 1.33 bits per heavy atom. The zero-order valence-electron chi connectivity index (χ0n) is 47.6. The number of hydrogen-bond donors (Lipinski definition) is 10. The van der Waals surface area contributed by atoms with Crippen LogP contribution in [0.3, 0.4) is 0 Å². The van der Waals surface area contributed by atoms with Gasteiger partial charge in [0.25, 0.3) is 29.1 Å². The van der Waals surface area contributed by atoms with Crippen molar-refractivity contribution in [3.8, 4) is 11.3 Å². The molecule has 1 aliphatic heterocycles. The SMILES string of the molecule is O=C(/C=C/c1cn([C@H]2C[C@@H](O)[C@@H](CO)O2)c(=O)[nH]c1=O)NCCCCCCNC(=O)c1ccc(C(=O)NCCOCCOCCOCCONC(=O)c2cc(C(=O)O)c3c(n2)C(=O)C(=O)c2cc(C(=O)O)[nH]c2-3)c(P(=O)(c2ccccc2)c2ccccc2)c1. The highest BCUT2D eigenvalue weighted by atomic mass is 31.2. The van der Waals surface area contributed by atoms with Gasteiger partial charge in [-0.1, -0.05) is 73.5 Å². The minimum absolute atomic E-state index is 0.00443. The normalized spacial score (nSPS) is 15.3. The van der Waals surface area contributed by atoms with Crippen molar-refractivity contribution in [2.45, 2.75) is 50.5 Å². The van der Waals surface area contributed by atoms with E-state index in [1.165, 1.54) is 30.5 Å². The maximum Gasteiger partial charge on any atom is 0.352 e. The Balaban J connectivity index is 0.745. The molecule has 0 unspecified atom stereocenters. The molecule has 0 radical (unpaired) electrons. The highest BCUT2D eigenvalue weighted by molar-refractivity contribution is 7.85. The van der Waals surface area contributed by atoms with Crippen molar-refractivity contribution in [2.75, 3.05) is 72.5 Å². The van der Waals surface area contributed by atoms with Crippen molar-refractivity contribution in [1.29, 1.82) is 0 Å². The van der Waals surface area contributed by atoms with E-state index in [9.17, 15) is 68.4 Å². The molecule has 1 fully saturated rings. The second kappa shape index (κ2) is 31.0. The molecule has 0 bridgehead atoms. The Kier molecular flexibility index (Phi) is 22.8. The van der Waals surface area contributed by atoms with Crippen LogP contribution in [0.5, 0.6) is 0 Å². The van der Waals surface area contributed by atoms with Crippen LogP contribution in [0.15, 0.2) is 113 Å². The molecule has 3 atom stereocenters. The van der Waals surface area contributed by atoms with Crippen LogP contribution in [-0.4, -0.2) is 172 Å². The molecule has 468 valence electrons. The third-order valence-corrected chi connectivity index (χ3v) is 17.2. The summed E-state index contributed by atoms with van der Waals surface area (Å²) >= 11 is 0. The second-order valence-electron chi connectivity index (χ2n) is 20.1. The number of ketones is 2. The summed E-state index contributed by atoms with van der Waals surface area (Å²) in [6, 6.07) is 23.6. The fourth-order valence-corrected chi connectivity index (χ4v) is 12.5. The number of fused-ring (bicyclic) bond motifs is 3. The molecule has 10 N–H and O–H groups in total. The topological polar surface area (TPSA) is 412 Å². The van der Waals surface area contributed by atoms with Crippen molar-refractivity contribution >= 4 is 76.3 Å². The number of carbonyl (C=O) groups excluding carboxylic acids is 6. The third kappa shape index (κ3) is 16.2. The van der Waals surface area contributed by atoms with Gasteiger partial charge in [0.1, 0.15) is 29.4 Å². The standard InChI is InChI=1S/C60H63N8O20P/c69-34-45-44(70)32-48(88-45)68-33-36(55(75)66-60(68)82)16-18-47(71)61-19-9-1-2-10-20-62-54(74)35-15-17-39(46(29-35)89(83,37-11-5-3-6-12-37)38-13-7-4-8-14-38)56(76)63-21-22-84-23-24-85-25-26-86-27-28-87-67-57(77)42-30-40(58(78)79)49-50-41(31-43(65-50)59(80)81)52(72)53(73)51(49)64-42/h3-8,11-18,29-31,33,44-45,48,65,69-70H,1-2,9-10,19-28,32,34H2,(H,61,71)(H,62,74)(H,63,76)(H,67,77)(H,78,79)(H,80,81)(H,66,75,82)/b18-16+/t44-,45-,48-/m1/s1. The van der Waals surface area contributed by atoms with E-state index in [0.29, 0.717) is 49.4 Å². The minimum atomic E-state index is -3.79. The predicted molar refractivity (Wildman–Crippen MR) is 316 cm³/mol. The van der Waals surface area contributed by atoms with E-state index in [1.807, 2.05) is 0 Å². The molecule has 29 heteroatoms. The highest BCUT2D eigenvalue weighted by Crippen LogP contribution is 2.44. The van der Waals surface area contributed by atoms with Gasteiger partial charge in [0.2, 0.25) is 11.7 Å². The first-order valence-corrected chi connectivity index (χ1v) is 29.8. The second-order valence-corrected chi connectivity index (χ2v) is 22.8. The summed E-state index contributed by atoms with van der Waals surface area (Å²) in [6.45, 7) is 0.706. The van der Waals surface area contributed by atoms with Gasteiger partial charge in [-0.05, 0) is 49.2 Å². The number of carboxylic acids is 2. The Hall–Kier alpha value is -9.38. The zero-order chi connectivity index (χ0) is 63.6. The van der Waals surface area contributed by atoms with Gasteiger partial charge >= 0.3 is 17.6 Å². The lowest BCUT2D eigenvalue weighted by molar-refractivity contribution is -0.116. The number of carbonyl (C=O) groups is 8. The number of hydroxylamine groups is 1. The number of carboxylic acid groups (broad SMARTS) is 2. The van der Waals surface area contributed by atoms with Gasteiger partial charge in [-0.2, -0.15) is 0 Å². The number of rotatable bonds is 32. The molecule has 2 aliphatic rings. The first-order valence-electron chi connectivity index (χ1n) is 28.1. The molecule has 0 spiro atoms. The van der Waals surface area contributed by atoms with Crippen LogP contribution in [-0.2, 0) is 33.1 Å². The number of Topliss-reactive ketones (excluding diaryl/α,β-unsaturated/α-hetero) is 2. The summed E-state index contributed by atoms with van der Waals surface area (Å²) in [5, 5.41) is 48.2. The molecular weight excluding hydrogens is 1180 g/mol. The number of aromatic carboxylic acids is 2. The van der Waals surface area contributed by atoms with Crippen molar-refractivity contribution in [3.63, 3.8) is 0 Å². The molecule has 1 saturated heterocycles. The Labute approximate surface area is 505 Å². The number of ether oxygens (including phenoxy) is 4. The number of aliphatic hydroxyl groups excluding tert-OH is 2. The maximum absolute atomic E-state index is 15.6. The minimum Gasteiger partial charge on any atom is -0.478 e. The smallest absolute Gasteiger partial charge is 0.352 e. The van der Waals surface area contributed by atoms with Crippen LogP contribution in [0.25, 0.3) is 17.3 Å². The molecule has 6 aromatic rings. The van der Waals surface area contributed by atoms with Gasteiger partial charge in [0.15, 0.2) is 7.14 Å². The third-order valence-electron chi connectivity index (χ3n) is 14.1. The average Bonchev–Trinajstić information content (AvgIpc) is 1.77. The lowest BCUT2D eigenvalue weighted by Crippen LogP contribution is -2.35. The van der Waals surface area contributed by atoms with Gasteiger partial charge < -0.3 is 64.9 Å². The first-order chi connectivity index (χ1) is 42.9. The molecular formula is C60H63N8O20P. The van der Waals surface area contributed by atoms with E-state index >= 15 is 4.57 Å². The fraction of sp³-hybridized carbons (Fsp3) is 0.317. The molecule has 3 aromatic heterocycles. The maximum atomic E-state index is 15.6. The van der Waals surface area contributed by atoms with E-state index in [4.69, 9.17) is 23.8 Å². The van der Waals surface area contributed by atoms with Crippen LogP contribution >= 0.6 is 7.14 Å². The number of H-pyrrole nitrogens is 2. The molecule has 4 amide bonds. The summed E-state index contributed by atoms with van der Waals surface area (Å²) in [5.74, 6) is -7.91. The number of aromatic amines is 2. The molecule has 3 aromatic carbocycles. The molecule has 89 heavy (non-hydrogen) atoms. The highest BCUT2D eigenvalue weighted by Gasteiger charge is 2.39. The summed E-state index contributed by atoms with van der Waals surface area (Å²) in [7, 11) is -3.79. The van der Waals surface area contributed by atoms with E-state index in [-0.39, 0.29) is 98.0 Å². The van der Waals surface area contributed by atoms with Gasteiger partial charge in [-0.3, -0.25) is 48.0 Å². The van der Waals surface area contributed by atoms with Crippen LogP contribution in [0.1, 0.15) is 117 Å². The molecule has 1 aliphatic carbocycles. The van der Waals surface area contributed by atoms with Crippen LogP contribution in [0, 0.1) is 0 Å². The summed E-state index contributed by atoms with van der Waals surface area (Å²) in [6.07, 6.45) is 3.47. The van der Waals surface area contributed by atoms with Gasteiger partial charge in [0.05, 0.1) is 86.9 Å². The number of pyridine rings is 1. The Morgan fingerprint density at radius 1 is 0.697 bits per heavy atom. The fourth-order valence-electron chi connectivity index (χ4n) is 9.62. The Morgan fingerprint density at radius 3 is 1.96 bits per heavy atom. The lowest BCUT2D eigenvalue weighted by atomic mass is 9.88. The number of unbranched alkanes of at least 4 members (excludes halogenated alkanes) is 3. The first kappa shape index (κ1) is 65.6. The van der Waals surface area contributed by atoms with Crippen molar-refractivity contribution in [3.05, 3.63) is 169 Å². The Bertz CT molecular complexity index is 3770. The summed E-state index contributed by atoms with van der Waals surface area (Å²) in [4.78, 5) is 141. The zero-order valence-corrected chi connectivity index (χ0v) is 48.5. The quantitative estimate of drug-likeness (QED) is 0.00934. The monoisotopic (exact) mass is 1250 g/mol. The molecule has 28 nitrogen and oxygen atoms in total. The van der Waals surface area contributed by atoms with E-state index in [1.54, 1.807) is 60.7 Å². The largest absolute Gasteiger partial charge is 0.478 e. The van der Waals surface area contributed by atoms with E-state index < -0.39 is 113 Å². The summed E-state index contributed by atoms with van der Waals surface area (Å²) < 4.78 is 38.9. The average molecular weight is 1250 g/mol. The molecule has 0 saturated carbocycles. The number of amides is 4. The number of aromatic nitrogens is 4. The van der Waals surface area contributed by atoms with Crippen LogP contribution in [0.2, 0.25) is 0 Å². The molecule has 8 rings (SSSR count). The lowest BCUT2D eigenvalue weighted by Gasteiger charge is -2.23. The number of nitrogens with one attached hydrogen (secondary N) is 6. The van der Waals surface area contributed by atoms with Crippen molar-refractivity contribution < 1.29 is 87.1 Å². The van der Waals surface area contributed by atoms with Gasteiger partial charge in [-0.25, -0.2) is 24.8 Å². The number of hydrogen-bond acceptors (Lipinski definition) is 19. The summed E-state index contributed by atoms with van der Waals surface area (Å²) in [5.41, 5.74) is -2.32. The van der Waals surface area contributed by atoms with Crippen molar-refractivity contribution in [1.82, 2.24) is 40.9 Å². The predicted octanol–water partition coefficient (Wildman–Crippen LogP) is 1.24. The number of nitrogens with zero attached hydrogens (tertiary/aromatic N) is 2. The van der Waals surface area contributed by atoms with E-state index in [2.05, 4.69) is 36.4 Å². The van der Waals surface area contributed by atoms with Gasteiger partial charge in [0, 0.05) is 65.4 Å². The van der Waals surface area contributed by atoms with Crippen LogP contribution in [0.4, 0.5) is 0 Å². The van der Waals surface area contributed by atoms with Crippen LogP contribution < -0.4 is 48.6 Å². The van der Waals surface area contributed by atoms with Gasteiger partial charge in [-0.15, -0.1) is 0 Å². The van der Waals surface area contributed by atoms with Crippen molar-refractivity contribution in [2.24, 2.45) is 0 Å². The van der Waals surface area contributed by atoms with E-state index in [0.717, 1.165) is 22.8 Å². The number of aliphatic hydroxyl groups is 2. The molecule has 4 heterocycles.